The number of benzene rings is 1. The van der Waals surface area contributed by atoms with Crippen LogP contribution in [0.4, 0.5) is 0 Å². The molecule has 19 heavy (non-hydrogen) atoms. The quantitative estimate of drug-likeness (QED) is 0.803. The minimum Gasteiger partial charge on any atom is -0.391 e. The number of aryl methyl sites for hydroxylation is 1. The van der Waals surface area contributed by atoms with E-state index in [0.29, 0.717) is 19.6 Å². The van der Waals surface area contributed by atoms with E-state index in [9.17, 15) is 10.2 Å². The van der Waals surface area contributed by atoms with Crippen molar-refractivity contribution >= 4 is 0 Å². The Bertz CT molecular complexity index is 391. The molecule has 0 aromatic heterocycles. The van der Waals surface area contributed by atoms with E-state index < -0.39 is 12.2 Å². The largest absolute Gasteiger partial charge is 0.391 e. The van der Waals surface area contributed by atoms with Gasteiger partial charge in [-0.05, 0) is 49.7 Å². The molecular weight excluding hydrogens is 240 g/mol. The van der Waals surface area contributed by atoms with Crippen LogP contribution in [0.3, 0.4) is 0 Å². The first-order chi connectivity index (χ1) is 9.22. The Labute approximate surface area is 115 Å². The summed E-state index contributed by atoms with van der Waals surface area (Å²) in [5.74, 6) is 0.124. The summed E-state index contributed by atoms with van der Waals surface area (Å²) < 4.78 is 5.24. The first-order valence-corrected chi connectivity index (χ1v) is 7.24. The van der Waals surface area contributed by atoms with E-state index in [2.05, 4.69) is 6.07 Å². The summed E-state index contributed by atoms with van der Waals surface area (Å²) in [6.45, 7) is 2.90. The summed E-state index contributed by atoms with van der Waals surface area (Å²) in [6.07, 6.45) is 2.71. The van der Waals surface area contributed by atoms with Gasteiger partial charge in [0.15, 0.2) is 0 Å². The van der Waals surface area contributed by atoms with Gasteiger partial charge in [-0.15, -0.1) is 0 Å². The Morgan fingerprint density at radius 2 is 2.16 bits per heavy atom. The zero-order valence-corrected chi connectivity index (χ0v) is 11.6. The minimum atomic E-state index is -0.482. The molecule has 3 heteroatoms. The average molecular weight is 264 g/mol. The van der Waals surface area contributed by atoms with E-state index in [0.717, 1.165) is 24.8 Å². The lowest BCUT2D eigenvalue weighted by atomic mass is 9.89. The number of hydrogen-bond donors (Lipinski definition) is 2. The van der Waals surface area contributed by atoms with E-state index in [1.165, 1.54) is 5.56 Å². The van der Waals surface area contributed by atoms with Gasteiger partial charge in [0.2, 0.25) is 0 Å². The molecule has 3 unspecified atom stereocenters. The number of ether oxygens (including phenoxy) is 1. The Balaban J connectivity index is 2.02. The lowest BCUT2D eigenvalue weighted by Crippen LogP contribution is -2.23. The molecule has 0 saturated carbocycles. The first-order valence-electron chi connectivity index (χ1n) is 7.24. The Hall–Kier alpha value is -0.900. The van der Waals surface area contributed by atoms with Crippen molar-refractivity contribution in [1.82, 2.24) is 0 Å². The fourth-order valence-electron chi connectivity index (χ4n) is 2.94. The molecule has 0 aliphatic heterocycles. The SMILES string of the molecule is CCOCC(O)CC1CCCc2ccccc2C1O. The smallest absolute Gasteiger partial charge is 0.0821 e. The molecule has 0 radical (unpaired) electrons. The van der Waals surface area contributed by atoms with Crippen LogP contribution in [0.15, 0.2) is 24.3 Å². The van der Waals surface area contributed by atoms with Gasteiger partial charge in [-0.2, -0.15) is 0 Å². The fourth-order valence-corrected chi connectivity index (χ4v) is 2.94. The standard InChI is InChI=1S/C16H24O3/c1-2-19-11-14(17)10-13-8-5-7-12-6-3-4-9-15(12)16(13)18/h3-4,6,9,13-14,16-18H,2,5,7-8,10-11H2,1H3. The van der Waals surface area contributed by atoms with Gasteiger partial charge in [0, 0.05) is 6.61 Å². The number of aliphatic hydroxyl groups excluding tert-OH is 2. The van der Waals surface area contributed by atoms with Crippen molar-refractivity contribution < 1.29 is 14.9 Å². The molecule has 2 N–H and O–H groups in total. The van der Waals surface area contributed by atoms with Crippen molar-refractivity contribution in [3.8, 4) is 0 Å². The van der Waals surface area contributed by atoms with Crippen LogP contribution in [0, 0.1) is 5.92 Å². The van der Waals surface area contributed by atoms with E-state index in [4.69, 9.17) is 4.74 Å². The summed E-state index contributed by atoms with van der Waals surface area (Å²) in [5, 5.41) is 20.5. The first kappa shape index (κ1) is 14.5. The fraction of sp³-hybridized carbons (Fsp3) is 0.625. The Kier molecular flexibility index (Phi) is 5.37. The molecule has 3 nitrogen and oxygen atoms in total. The maximum absolute atomic E-state index is 10.5. The normalized spacial score (nSPS) is 24.6. The highest BCUT2D eigenvalue weighted by Crippen LogP contribution is 2.35. The molecule has 0 amide bonds. The van der Waals surface area contributed by atoms with Crippen molar-refractivity contribution in [3.05, 3.63) is 35.4 Å². The van der Waals surface area contributed by atoms with E-state index in [-0.39, 0.29) is 5.92 Å². The number of aliphatic hydroxyl groups is 2. The third-order valence-electron chi connectivity index (χ3n) is 3.93. The van der Waals surface area contributed by atoms with Crippen LogP contribution >= 0.6 is 0 Å². The van der Waals surface area contributed by atoms with Crippen LogP contribution in [0.5, 0.6) is 0 Å². The molecule has 106 valence electrons. The highest BCUT2D eigenvalue weighted by Gasteiger charge is 2.27. The molecule has 2 rings (SSSR count). The van der Waals surface area contributed by atoms with Crippen LogP contribution in [0.25, 0.3) is 0 Å². The molecule has 1 aromatic carbocycles. The summed E-state index contributed by atoms with van der Waals surface area (Å²) in [6, 6.07) is 8.10. The van der Waals surface area contributed by atoms with Crippen LogP contribution in [-0.2, 0) is 11.2 Å². The zero-order chi connectivity index (χ0) is 13.7. The molecule has 1 aromatic rings. The monoisotopic (exact) mass is 264 g/mol. The molecule has 0 bridgehead atoms. The van der Waals surface area contributed by atoms with Gasteiger partial charge in [-0.3, -0.25) is 0 Å². The van der Waals surface area contributed by atoms with Gasteiger partial charge < -0.3 is 14.9 Å². The predicted molar refractivity (Wildman–Crippen MR) is 74.9 cm³/mol. The second-order valence-electron chi connectivity index (χ2n) is 5.34. The lowest BCUT2D eigenvalue weighted by molar-refractivity contribution is 0.00644. The molecule has 1 aliphatic carbocycles. The highest BCUT2D eigenvalue weighted by molar-refractivity contribution is 5.30. The molecular formula is C16H24O3. The van der Waals surface area contributed by atoms with Gasteiger partial charge in [-0.25, -0.2) is 0 Å². The van der Waals surface area contributed by atoms with Crippen LogP contribution in [0.1, 0.15) is 43.4 Å². The molecule has 1 aliphatic rings. The van der Waals surface area contributed by atoms with Gasteiger partial charge in [-0.1, -0.05) is 24.3 Å². The van der Waals surface area contributed by atoms with Crippen molar-refractivity contribution in [1.29, 1.82) is 0 Å². The lowest BCUT2D eigenvalue weighted by Gasteiger charge is -2.24. The van der Waals surface area contributed by atoms with Gasteiger partial charge in [0.05, 0.1) is 18.8 Å². The van der Waals surface area contributed by atoms with Gasteiger partial charge in [0.25, 0.3) is 0 Å². The summed E-state index contributed by atoms with van der Waals surface area (Å²) in [5.41, 5.74) is 2.28. The van der Waals surface area contributed by atoms with Crippen LogP contribution < -0.4 is 0 Å². The summed E-state index contributed by atoms with van der Waals surface area (Å²) in [7, 11) is 0. The van der Waals surface area contributed by atoms with Crippen molar-refractivity contribution in [2.75, 3.05) is 13.2 Å². The molecule has 0 heterocycles. The second-order valence-corrected chi connectivity index (χ2v) is 5.34. The van der Waals surface area contributed by atoms with Crippen LogP contribution in [-0.4, -0.2) is 29.5 Å². The second kappa shape index (κ2) is 7.04. The predicted octanol–water partition coefficient (Wildman–Crippen LogP) is 2.46. The third-order valence-corrected chi connectivity index (χ3v) is 3.93. The average Bonchev–Trinajstić information content (AvgIpc) is 2.58. The third kappa shape index (κ3) is 3.78. The van der Waals surface area contributed by atoms with E-state index in [1.54, 1.807) is 0 Å². The number of rotatable bonds is 5. The highest BCUT2D eigenvalue weighted by atomic mass is 16.5. The molecule has 3 atom stereocenters. The van der Waals surface area contributed by atoms with Gasteiger partial charge >= 0.3 is 0 Å². The molecule has 0 saturated heterocycles. The van der Waals surface area contributed by atoms with Crippen LogP contribution in [0.2, 0.25) is 0 Å². The van der Waals surface area contributed by atoms with E-state index >= 15 is 0 Å². The Morgan fingerprint density at radius 3 is 2.95 bits per heavy atom. The van der Waals surface area contributed by atoms with Crippen molar-refractivity contribution in [2.45, 2.75) is 44.8 Å². The summed E-state index contributed by atoms with van der Waals surface area (Å²) >= 11 is 0. The molecule has 0 spiro atoms. The maximum Gasteiger partial charge on any atom is 0.0821 e. The Morgan fingerprint density at radius 1 is 1.37 bits per heavy atom. The topological polar surface area (TPSA) is 49.7 Å². The summed E-state index contributed by atoms with van der Waals surface area (Å²) in [4.78, 5) is 0. The van der Waals surface area contributed by atoms with E-state index in [1.807, 2.05) is 25.1 Å². The van der Waals surface area contributed by atoms with Gasteiger partial charge in [0.1, 0.15) is 0 Å². The van der Waals surface area contributed by atoms with Crippen molar-refractivity contribution in [3.63, 3.8) is 0 Å². The minimum absolute atomic E-state index is 0.124. The van der Waals surface area contributed by atoms with Crippen molar-refractivity contribution in [2.24, 2.45) is 5.92 Å². The molecule has 0 fully saturated rings. The number of fused-ring (bicyclic) bond motifs is 1. The maximum atomic E-state index is 10.5. The number of hydrogen-bond acceptors (Lipinski definition) is 3. The zero-order valence-electron chi connectivity index (χ0n) is 11.6.